The second-order valence-electron chi connectivity index (χ2n) is 4.66. The minimum Gasteiger partial charge on any atom is -0.394 e. The smallest absolute Gasteiger partial charge is 0.164 e. The number of anilines is 1. The Labute approximate surface area is 114 Å². The van der Waals surface area contributed by atoms with E-state index in [4.69, 9.17) is 9.84 Å². The van der Waals surface area contributed by atoms with Crippen LogP contribution in [0.5, 0.6) is 0 Å². The van der Waals surface area contributed by atoms with Crippen LogP contribution < -0.4 is 5.32 Å². The predicted octanol–water partition coefficient (Wildman–Crippen LogP) is -0.916. The fourth-order valence-electron chi connectivity index (χ4n) is 2.49. The molecule has 0 radical (unpaired) electrons. The summed E-state index contributed by atoms with van der Waals surface area (Å²) in [7, 11) is 1.76. The van der Waals surface area contributed by atoms with Gasteiger partial charge in [-0.2, -0.15) is 0 Å². The van der Waals surface area contributed by atoms with Crippen molar-refractivity contribution in [3.8, 4) is 0 Å². The summed E-state index contributed by atoms with van der Waals surface area (Å²) < 4.78 is 7.12. The molecule has 8 nitrogen and oxygen atoms in total. The quantitative estimate of drug-likeness (QED) is 0.575. The number of fused-ring (bicyclic) bond motifs is 1. The van der Waals surface area contributed by atoms with E-state index in [0.29, 0.717) is 11.5 Å². The molecule has 0 bridgehead atoms. The lowest BCUT2D eigenvalue weighted by Gasteiger charge is -2.17. The Morgan fingerprint density at radius 1 is 1.35 bits per heavy atom. The van der Waals surface area contributed by atoms with Gasteiger partial charge in [0.05, 0.1) is 12.0 Å². The van der Waals surface area contributed by atoms with Crippen molar-refractivity contribution in [2.45, 2.75) is 24.5 Å². The number of ether oxygens (including phenoxy) is 1. The lowest BCUT2D eigenvalue weighted by atomic mass is 10.1. The van der Waals surface area contributed by atoms with E-state index in [-0.39, 0.29) is 6.61 Å². The normalized spacial score (nSPS) is 30.0. The zero-order valence-corrected chi connectivity index (χ0v) is 10.8. The van der Waals surface area contributed by atoms with Crippen molar-refractivity contribution in [3.05, 3.63) is 18.6 Å². The van der Waals surface area contributed by atoms with Gasteiger partial charge in [-0.15, -0.1) is 0 Å². The molecular formula is C12H16N4O4. The molecule has 2 aromatic heterocycles. The topological polar surface area (TPSA) is 113 Å². The summed E-state index contributed by atoms with van der Waals surface area (Å²) in [5.41, 5.74) is 0.583. The minimum atomic E-state index is -1.13. The van der Waals surface area contributed by atoms with Gasteiger partial charge in [-0.05, 0) is 6.07 Å². The molecular weight excluding hydrogens is 264 g/mol. The van der Waals surface area contributed by atoms with Crippen LogP contribution in [0.15, 0.2) is 18.6 Å². The maximum absolute atomic E-state index is 10.1. The van der Waals surface area contributed by atoms with Gasteiger partial charge in [0.1, 0.15) is 36.1 Å². The Bertz CT molecular complexity index is 617. The van der Waals surface area contributed by atoms with Gasteiger partial charge in [0.2, 0.25) is 0 Å². The molecule has 8 heteroatoms. The van der Waals surface area contributed by atoms with E-state index < -0.39 is 24.5 Å². The van der Waals surface area contributed by atoms with E-state index in [9.17, 15) is 10.2 Å². The molecule has 4 N–H and O–H groups in total. The number of rotatable bonds is 3. The van der Waals surface area contributed by atoms with Crippen LogP contribution in [-0.2, 0) is 4.74 Å². The Morgan fingerprint density at radius 3 is 2.80 bits per heavy atom. The third-order valence-corrected chi connectivity index (χ3v) is 3.54. The van der Waals surface area contributed by atoms with Gasteiger partial charge in [-0.1, -0.05) is 0 Å². The van der Waals surface area contributed by atoms with Gasteiger partial charge in [0, 0.05) is 13.2 Å². The van der Waals surface area contributed by atoms with Gasteiger partial charge in [0.25, 0.3) is 0 Å². The second-order valence-corrected chi connectivity index (χ2v) is 4.66. The number of nitrogens with one attached hydrogen (secondary N) is 1. The molecule has 0 aromatic carbocycles. The Hall–Kier alpha value is -1.74. The van der Waals surface area contributed by atoms with Crippen LogP contribution in [0, 0.1) is 0 Å². The van der Waals surface area contributed by atoms with Gasteiger partial charge in [0.15, 0.2) is 6.23 Å². The molecule has 2 aromatic rings. The van der Waals surface area contributed by atoms with Gasteiger partial charge < -0.3 is 29.9 Å². The molecule has 1 unspecified atom stereocenters. The highest BCUT2D eigenvalue weighted by Crippen LogP contribution is 2.32. The van der Waals surface area contributed by atoms with Crippen LogP contribution in [0.3, 0.4) is 0 Å². The van der Waals surface area contributed by atoms with Crippen molar-refractivity contribution in [3.63, 3.8) is 0 Å². The molecule has 0 spiro atoms. The van der Waals surface area contributed by atoms with E-state index >= 15 is 0 Å². The number of aromatic nitrogens is 3. The van der Waals surface area contributed by atoms with E-state index in [2.05, 4.69) is 15.3 Å². The van der Waals surface area contributed by atoms with E-state index in [1.165, 1.54) is 6.33 Å². The van der Waals surface area contributed by atoms with Crippen molar-refractivity contribution in [1.29, 1.82) is 0 Å². The molecule has 1 aliphatic heterocycles. The Morgan fingerprint density at radius 2 is 2.15 bits per heavy atom. The molecule has 20 heavy (non-hydrogen) atoms. The average molecular weight is 280 g/mol. The van der Waals surface area contributed by atoms with Gasteiger partial charge >= 0.3 is 0 Å². The van der Waals surface area contributed by atoms with Crippen LogP contribution in [-0.4, -0.2) is 61.8 Å². The predicted molar refractivity (Wildman–Crippen MR) is 70.1 cm³/mol. The van der Waals surface area contributed by atoms with E-state index in [1.807, 2.05) is 0 Å². The summed E-state index contributed by atoms with van der Waals surface area (Å²) in [6, 6.07) is 1.80. The lowest BCUT2D eigenvalue weighted by molar-refractivity contribution is -0.0508. The standard InChI is InChI=1S/C12H16N4O4/c1-13-10-6-2-3-16(11(6)15-5-14-10)12-9(19)8(18)7(4-17)20-12/h2-3,5,7-9,12,17-19H,4H2,1H3,(H,13,14,15)/t7-,8?,9+,12-/m1/s1. The summed E-state index contributed by atoms with van der Waals surface area (Å²) in [5, 5.41) is 32.7. The zero-order chi connectivity index (χ0) is 14.3. The Balaban J connectivity index is 2.03. The third kappa shape index (κ3) is 1.85. The van der Waals surface area contributed by atoms with Crippen LogP contribution in [0.1, 0.15) is 6.23 Å². The highest BCUT2D eigenvalue weighted by atomic mass is 16.6. The molecule has 3 rings (SSSR count). The summed E-state index contributed by atoms with van der Waals surface area (Å²) in [4.78, 5) is 8.28. The summed E-state index contributed by atoms with van der Waals surface area (Å²) in [5.74, 6) is 0.667. The number of hydrogen-bond donors (Lipinski definition) is 4. The first-order chi connectivity index (χ1) is 9.67. The molecule has 108 valence electrons. The lowest BCUT2D eigenvalue weighted by Crippen LogP contribution is -2.33. The summed E-state index contributed by atoms with van der Waals surface area (Å²) in [6.07, 6.45) is -0.743. The fraction of sp³-hybridized carbons (Fsp3) is 0.500. The molecule has 3 heterocycles. The maximum atomic E-state index is 10.1. The van der Waals surface area contributed by atoms with Crippen LogP contribution >= 0.6 is 0 Å². The van der Waals surface area contributed by atoms with E-state index in [0.717, 1.165) is 5.39 Å². The van der Waals surface area contributed by atoms with Crippen molar-refractivity contribution in [2.75, 3.05) is 19.0 Å². The molecule has 1 saturated heterocycles. The molecule has 0 aliphatic carbocycles. The van der Waals surface area contributed by atoms with Crippen LogP contribution in [0.2, 0.25) is 0 Å². The Kier molecular flexibility index (Phi) is 3.30. The number of aliphatic hydroxyl groups excluding tert-OH is 3. The highest BCUT2D eigenvalue weighted by Gasteiger charge is 2.43. The minimum absolute atomic E-state index is 0.356. The molecule has 4 atom stereocenters. The molecule has 1 fully saturated rings. The summed E-state index contributed by atoms with van der Waals surface area (Å²) >= 11 is 0. The fourth-order valence-corrected chi connectivity index (χ4v) is 2.49. The van der Waals surface area contributed by atoms with Crippen LogP contribution in [0.25, 0.3) is 11.0 Å². The van der Waals surface area contributed by atoms with Crippen LogP contribution in [0.4, 0.5) is 5.82 Å². The van der Waals surface area contributed by atoms with Crippen molar-refractivity contribution in [2.24, 2.45) is 0 Å². The average Bonchev–Trinajstić information content (AvgIpc) is 3.01. The van der Waals surface area contributed by atoms with Gasteiger partial charge in [-0.3, -0.25) is 0 Å². The first-order valence-electron chi connectivity index (χ1n) is 6.29. The number of nitrogens with zero attached hydrogens (tertiary/aromatic N) is 3. The first kappa shape index (κ1) is 13.3. The largest absolute Gasteiger partial charge is 0.394 e. The highest BCUT2D eigenvalue weighted by molar-refractivity contribution is 5.87. The van der Waals surface area contributed by atoms with Gasteiger partial charge in [-0.25, -0.2) is 9.97 Å². The maximum Gasteiger partial charge on any atom is 0.164 e. The van der Waals surface area contributed by atoms with E-state index in [1.54, 1.807) is 23.9 Å². The third-order valence-electron chi connectivity index (χ3n) is 3.54. The molecule has 1 aliphatic rings. The van der Waals surface area contributed by atoms with Crippen molar-refractivity contribution in [1.82, 2.24) is 14.5 Å². The first-order valence-corrected chi connectivity index (χ1v) is 6.29. The molecule has 0 saturated carbocycles. The zero-order valence-electron chi connectivity index (χ0n) is 10.8. The number of aliphatic hydroxyl groups is 3. The van der Waals surface area contributed by atoms with Crippen molar-refractivity contribution >= 4 is 16.9 Å². The van der Waals surface area contributed by atoms with Crippen molar-refractivity contribution < 1.29 is 20.1 Å². The number of hydrogen-bond acceptors (Lipinski definition) is 7. The summed E-state index contributed by atoms with van der Waals surface area (Å²) in [6.45, 7) is -0.356. The SMILES string of the molecule is CNc1ncnc2c1ccn2[C@@H]1O[C@H](CO)C(O)[C@@H]1O. The monoisotopic (exact) mass is 280 g/mol. The second kappa shape index (κ2) is 4.98. The molecule has 0 amide bonds.